The number of carboxylic acid groups (broad SMARTS) is 1. The fourth-order valence-electron chi connectivity index (χ4n) is 3.49. The number of nitrogens with one attached hydrogen (secondary N) is 1. The van der Waals surface area contributed by atoms with Crippen LogP contribution in [0.25, 0.3) is 11.3 Å². The van der Waals surface area contributed by atoms with Crippen LogP contribution in [0.5, 0.6) is 0 Å². The number of aliphatic hydroxyl groups excluding tert-OH is 1. The van der Waals surface area contributed by atoms with Gasteiger partial charge in [0.15, 0.2) is 0 Å². The van der Waals surface area contributed by atoms with E-state index in [2.05, 4.69) is 10.3 Å². The minimum Gasteiger partial charge on any atom is -0.465 e. The molecule has 2 aromatic carbocycles. The number of benzene rings is 2. The molecule has 0 saturated carbocycles. The summed E-state index contributed by atoms with van der Waals surface area (Å²) in [6, 6.07) is 22.4. The first kappa shape index (κ1) is 21.5. The first-order valence-corrected chi connectivity index (χ1v) is 9.98. The molecule has 1 unspecified atom stereocenters. The molecule has 0 fully saturated rings. The molecule has 0 radical (unpaired) electrons. The Kier molecular flexibility index (Phi) is 7.54. The van der Waals surface area contributed by atoms with Gasteiger partial charge in [0.1, 0.15) is 0 Å². The van der Waals surface area contributed by atoms with Gasteiger partial charge in [-0.3, -0.25) is 4.98 Å². The highest BCUT2D eigenvalue weighted by molar-refractivity contribution is 5.65. The Morgan fingerprint density at radius 1 is 0.933 bits per heavy atom. The quantitative estimate of drug-likeness (QED) is 0.437. The Morgan fingerprint density at radius 2 is 1.60 bits per heavy atom. The van der Waals surface area contributed by atoms with Crippen LogP contribution in [0.1, 0.15) is 17.5 Å². The Labute approximate surface area is 176 Å². The second-order valence-electron chi connectivity index (χ2n) is 7.42. The molecular weight excluding hydrogens is 378 g/mol. The van der Waals surface area contributed by atoms with E-state index < -0.39 is 24.3 Å². The lowest BCUT2D eigenvalue weighted by Crippen LogP contribution is -2.44. The highest BCUT2D eigenvalue weighted by Crippen LogP contribution is 2.19. The summed E-state index contributed by atoms with van der Waals surface area (Å²) in [6.07, 6.45) is 1.03. The van der Waals surface area contributed by atoms with Gasteiger partial charge in [0, 0.05) is 23.8 Å². The van der Waals surface area contributed by atoms with E-state index >= 15 is 0 Å². The van der Waals surface area contributed by atoms with Crippen molar-refractivity contribution in [1.82, 2.24) is 10.3 Å². The van der Waals surface area contributed by atoms with E-state index in [0.29, 0.717) is 12.8 Å². The second kappa shape index (κ2) is 10.5. The smallest absolute Gasteiger partial charge is 0.404 e. The van der Waals surface area contributed by atoms with Crippen LogP contribution in [0.3, 0.4) is 0 Å². The van der Waals surface area contributed by atoms with Crippen LogP contribution >= 0.6 is 0 Å². The summed E-state index contributed by atoms with van der Waals surface area (Å²) in [5, 5.41) is 22.3. The summed E-state index contributed by atoms with van der Waals surface area (Å²) in [4.78, 5) is 15.6. The van der Waals surface area contributed by atoms with E-state index in [-0.39, 0.29) is 6.42 Å². The lowest BCUT2D eigenvalue weighted by Gasteiger charge is -2.24. The molecule has 0 saturated heterocycles. The number of rotatable bonds is 9. The Bertz CT molecular complexity index is 917. The predicted octanol–water partition coefficient (Wildman–Crippen LogP) is 3.25. The van der Waals surface area contributed by atoms with Crippen LogP contribution < -0.4 is 11.1 Å². The fraction of sp³-hybridized carbons (Fsp3) is 0.250. The fourth-order valence-corrected chi connectivity index (χ4v) is 3.49. The third kappa shape index (κ3) is 6.40. The molecule has 3 aromatic rings. The van der Waals surface area contributed by atoms with Crippen LogP contribution in [-0.2, 0) is 12.8 Å². The molecule has 1 aromatic heterocycles. The normalized spacial score (nSPS) is 13.9. The number of carbonyl (C=O) groups is 1. The van der Waals surface area contributed by atoms with E-state index in [1.807, 2.05) is 72.8 Å². The van der Waals surface area contributed by atoms with Crippen molar-refractivity contribution >= 4 is 6.09 Å². The van der Waals surface area contributed by atoms with Crippen LogP contribution in [-0.4, -0.2) is 39.5 Å². The van der Waals surface area contributed by atoms with Crippen molar-refractivity contribution in [3.63, 3.8) is 0 Å². The summed E-state index contributed by atoms with van der Waals surface area (Å²) in [5.41, 5.74) is 10.1. The van der Waals surface area contributed by atoms with Crippen molar-refractivity contribution in [2.24, 2.45) is 5.73 Å². The number of pyridine rings is 1. The zero-order chi connectivity index (χ0) is 21.3. The topological polar surface area (TPSA) is 108 Å². The SMILES string of the molecule is N[C@@H](Cc1ccccc1)[C@@H](O)CC(Cc1ccc(-c2ccccn2)cc1)NC(=O)O. The molecule has 156 valence electrons. The van der Waals surface area contributed by atoms with E-state index in [1.165, 1.54) is 0 Å². The van der Waals surface area contributed by atoms with Crippen molar-refractivity contribution in [3.8, 4) is 11.3 Å². The van der Waals surface area contributed by atoms with Crippen LogP contribution in [0.15, 0.2) is 79.0 Å². The van der Waals surface area contributed by atoms with Gasteiger partial charge < -0.3 is 21.3 Å². The minimum atomic E-state index is -1.12. The summed E-state index contributed by atoms with van der Waals surface area (Å²) in [5.74, 6) is 0. The molecule has 6 heteroatoms. The molecule has 30 heavy (non-hydrogen) atoms. The lowest BCUT2D eigenvalue weighted by molar-refractivity contribution is 0.119. The molecule has 0 aliphatic heterocycles. The Morgan fingerprint density at radius 3 is 2.23 bits per heavy atom. The van der Waals surface area contributed by atoms with Gasteiger partial charge in [0.25, 0.3) is 0 Å². The van der Waals surface area contributed by atoms with Gasteiger partial charge in [0.2, 0.25) is 0 Å². The van der Waals surface area contributed by atoms with Crippen molar-refractivity contribution in [2.75, 3.05) is 0 Å². The average Bonchev–Trinajstić information content (AvgIpc) is 2.75. The molecule has 1 heterocycles. The summed E-state index contributed by atoms with van der Waals surface area (Å²) in [6.45, 7) is 0. The van der Waals surface area contributed by atoms with Gasteiger partial charge in [0.05, 0.1) is 11.8 Å². The molecule has 3 rings (SSSR count). The van der Waals surface area contributed by atoms with Gasteiger partial charge >= 0.3 is 6.09 Å². The molecule has 5 N–H and O–H groups in total. The second-order valence-corrected chi connectivity index (χ2v) is 7.42. The zero-order valence-electron chi connectivity index (χ0n) is 16.7. The van der Waals surface area contributed by atoms with Gasteiger partial charge in [-0.15, -0.1) is 0 Å². The van der Waals surface area contributed by atoms with E-state index in [9.17, 15) is 15.0 Å². The molecule has 3 atom stereocenters. The lowest BCUT2D eigenvalue weighted by atomic mass is 9.94. The number of aromatic nitrogens is 1. The Balaban J connectivity index is 1.63. The van der Waals surface area contributed by atoms with Gasteiger partial charge in [-0.25, -0.2) is 4.79 Å². The molecular formula is C24H27N3O3. The monoisotopic (exact) mass is 405 g/mol. The largest absolute Gasteiger partial charge is 0.465 e. The predicted molar refractivity (Wildman–Crippen MR) is 117 cm³/mol. The van der Waals surface area contributed by atoms with Crippen molar-refractivity contribution in [2.45, 2.75) is 37.5 Å². The maximum Gasteiger partial charge on any atom is 0.404 e. The third-order valence-corrected chi connectivity index (χ3v) is 5.06. The first-order chi connectivity index (χ1) is 14.5. The summed E-state index contributed by atoms with van der Waals surface area (Å²) >= 11 is 0. The zero-order valence-corrected chi connectivity index (χ0v) is 16.7. The van der Waals surface area contributed by atoms with E-state index in [1.54, 1.807) is 6.20 Å². The van der Waals surface area contributed by atoms with Crippen molar-refractivity contribution < 1.29 is 15.0 Å². The minimum absolute atomic E-state index is 0.238. The molecule has 0 aliphatic rings. The average molecular weight is 405 g/mol. The molecule has 6 nitrogen and oxygen atoms in total. The summed E-state index contributed by atoms with van der Waals surface area (Å²) in [7, 11) is 0. The third-order valence-electron chi connectivity index (χ3n) is 5.06. The van der Waals surface area contributed by atoms with Crippen LogP contribution in [0.4, 0.5) is 4.79 Å². The molecule has 0 bridgehead atoms. The highest BCUT2D eigenvalue weighted by atomic mass is 16.4. The standard InChI is InChI=1S/C24H27N3O3/c25-21(15-17-6-2-1-3-7-17)23(28)16-20(27-24(29)30)14-18-9-11-19(12-10-18)22-8-4-5-13-26-22/h1-13,20-21,23,27-28H,14-16,25H2,(H,29,30)/t20?,21-,23-/m0/s1. The molecule has 0 aliphatic carbocycles. The number of amides is 1. The van der Waals surface area contributed by atoms with E-state index in [0.717, 1.165) is 22.4 Å². The number of nitrogens with zero attached hydrogens (tertiary/aromatic N) is 1. The maximum absolute atomic E-state index is 11.2. The first-order valence-electron chi connectivity index (χ1n) is 9.98. The van der Waals surface area contributed by atoms with Crippen LogP contribution in [0.2, 0.25) is 0 Å². The van der Waals surface area contributed by atoms with Gasteiger partial charge in [-0.2, -0.15) is 0 Å². The number of aliphatic hydroxyl groups is 1. The van der Waals surface area contributed by atoms with E-state index in [4.69, 9.17) is 5.73 Å². The molecule has 0 spiro atoms. The number of hydrogen-bond donors (Lipinski definition) is 4. The van der Waals surface area contributed by atoms with Crippen LogP contribution in [0, 0.1) is 0 Å². The maximum atomic E-state index is 11.2. The Hall–Kier alpha value is -3.22. The van der Waals surface area contributed by atoms with Gasteiger partial charge in [-0.1, -0.05) is 60.7 Å². The summed E-state index contributed by atoms with van der Waals surface area (Å²) < 4.78 is 0. The number of hydrogen-bond acceptors (Lipinski definition) is 4. The van der Waals surface area contributed by atoms with Gasteiger partial charge in [-0.05, 0) is 42.5 Å². The highest BCUT2D eigenvalue weighted by Gasteiger charge is 2.22. The van der Waals surface area contributed by atoms with Crippen molar-refractivity contribution in [1.29, 1.82) is 0 Å². The molecule has 1 amide bonds. The number of nitrogens with two attached hydrogens (primary N) is 1. The van der Waals surface area contributed by atoms with Crippen molar-refractivity contribution in [3.05, 3.63) is 90.1 Å².